The van der Waals surface area contributed by atoms with E-state index in [1.54, 1.807) is 6.08 Å². The van der Waals surface area contributed by atoms with Crippen LogP contribution in [-0.2, 0) is 0 Å². The quantitative estimate of drug-likeness (QED) is 0.591. The minimum Gasteiger partial charge on any atom is -0.502 e. The molecular formula is C18H23NO5. The van der Waals surface area contributed by atoms with Gasteiger partial charge >= 0.3 is 0 Å². The molecule has 2 rings (SSSR count). The van der Waals surface area contributed by atoms with E-state index in [2.05, 4.69) is 6.92 Å². The number of amides is 1. The average Bonchev–Trinajstić information content (AvgIpc) is 2.81. The van der Waals surface area contributed by atoms with Crippen LogP contribution in [0.15, 0.2) is 27.4 Å². The van der Waals surface area contributed by atoms with Crippen LogP contribution in [0.3, 0.4) is 0 Å². The van der Waals surface area contributed by atoms with Gasteiger partial charge in [-0.1, -0.05) is 38.0 Å². The first-order valence-corrected chi connectivity index (χ1v) is 8.14. The van der Waals surface area contributed by atoms with Crippen LogP contribution >= 0.6 is 0 Å². The van der Waals surface area contributed by atoms with Gasteiger partial charge in [-0.25, -0.2) is 0 Å². The SMILES string of the molecule is CCCCC/C=C/C=C/c1oc2c(c(=O)c1O)C(=O)N(C)C2CO. The van der Waals surface area contributed by atoms with Crippen molar-refractivity contribution in [2.24, 2.45) is 0 Å². The second-order valence-electron chi connectivity index (χ2n) is 5.78. The monoisotopic (exact) mass is 333 g/mol. The number of nitrogens with zero attached hydrogens (tertiary/aromatic N) is 1. The number of carbonyl (C=O) groups is 1. The molecule has 1 aliphatic heterocycles. The molecule has 24 heavy (non-hydrogen) atoms. The Kier molecular flexibility index (Phi) is 5.98. The molecule has 1 unspecified atom stereocenters. The molecule has 0 aromatic carbocycles. The maximum atomic E-state index is 12.2. The van der Waals surface area contributed by atoms with Gasteiger partial charge in [0.25, 0.3) is 5.91 Å². The molecule has 2 N–H and O–H groups in total. The summed E-state index contributed by atoms with van der Waals surface area (Å²) >= 11 is 0. The predicted octanol–water partition coefficient (Wildman–Crippen LogP) is 2.61. The summed E-state index contributed by atoms with van der Waals surface area (Å²) in [5.41, 5.74) is -0.975. The summed E-state index contributed by atoms with van der Waals surface area (Å²) in [7, 11) is 1.48. The summed E-state index contributed by atoms with van der Waals surface area (Å²) in [6.07, 6.45) is 11.4. The van der Waals surface area contributed by atoms with E-state index in [1.807, 2.05) is 12.2 Å². The van der Waals surface area contributed by atoms with Crippen LogP contribution in [0.25, 0.3) is 6.08 Å². The summed E-state index contributed by atoms with van der Waals surface area (Å²) < 4.78 is 5.53. The maximum absolute atomic E-state index is 12.2. The number of unbranched alkanes of at least 4 members (excludes halogenated alkanes) is 3. The van der Waals surface area contributed by atoms with Crippen LogP contribution in [0.5, 0.6) is 5.75 Å². The van der Waals surface area contributed by atoms with Crippen molar-refractivity contribution in [3.8, 4) is 5.75 Å². The second kappa shape index (κ2) is 7.97. The third-order valence-electron chi connectivity index (χ3n) is 4.09. The van der Waals surface area contributed by atoms with Crippen molar-refractivity contribution in [3.63, 3.8) is 0 Å². The molecule has 6 nitrogen and oxygen atoms in total. The van der Waals surface area contributed by atoms with Crippen LogP contribution in [0.2, 0.25) is 0 Å². The fourth-order valence-corrected chi connectivity index (χ4v) is 2.64. The maximum Gasteiger partial charge on any atom is 0.261 e. The van der Waals surface area contributed by atoms with Gasteiger partial charge in [0, 0.05) is 7.05 Å². The molecule has 0 saturated heterocycles. The Balaban J connectivity index is 2.25. The highest BCUT2D eigenvalue weighted by molar-refractivity contribution is 5.98. The molecule has 1 aliphatic rings. The number of hydrogen-bond acceptors (Lipinski definition) is 5. The summed E-state index contributed by atoms with van der Waals surface area (Å²) in [6, 6.07) is -0.711. The minimum absolute atomic E-state index is 0.0153. The number of aliphatic hydroxyl groups excluding tert-OH is 1. The van der Waals surface area contributed by atoms with E-state index in [4.69, 9.17) is 4.42 Å². The number of carbonyl (C=O) groups excluding carboxylic acids is 1. The highest BCUT2D eigenvalue weighted by atomic mass is 16.4. The zero-order chi connectivity index (χ0) is 17.7. The van der Waals surface area contributed by atoms with Crippen LogP contribution in [-0.4, -0.2) is 34.7 Å². The Morgan fingerprint density at radius 2 is 2.00 bits per heavy atom. The Morgan fingerprint density at radius 3 is 2.67 bits per heavy atom. The number of aliphatic hydroxyl groups is 1. The van der Waals surface area contributed by atoms with Gasteiger partial charge in [-0.2, -0.15) is 0 Å². The molecule has 0 aliphatic carbocycles. The van der Waals surface area contributed by atoms with E-state index >= 15 is 0 Å². The highest BCUT2D eigenvalue weighted by Gasteiger charge is 2.40. The number of rotatable bonds is 7. The van der Waals surface area contributed by atoms with Crippen molar-refractivity contribution in [1.29, 1.82) is 0 Å². The second-order valence-corrected chi connectivity index (χ2v) is 5.78. The van der Waals surface area contributed by atoms with Crippen LogP contribution in [0.4, 0.5) is 0 Å². The Labute approximate surface area is 140 Å². The van der Waals surface area contributed by atoms with Crippen molar-refractivity contribution in [2.75, 3.05) is 13.7 Å². The third kappa shape index (κ3) is 3.43. The van der Waals surface area contributed by atoms with Gasteiger partial charge in [0.1, 0.15) is 17.4 Å². The lowest BCUT2D eigenvalue weighted by Gasteiger charge is -2.16. The predicted molar refractivity (Wildman–Crippen MR) is 90.9 cm³/mol. The Bertz CT molecular complexity index is 717. The van der Waals surface area contributed by atoms with Crippen LogP contribution in [0.1, 0.15) is 60.5 Å². The molecule has 130 valence electrons. The zero-order valence-electron chi connectivity index (χ0n) is 14.0. The molecule has 0 spiro atoms. The number of hydrogen-bond donors (Lipinski definition) is 2. The molecule has 1 amide bonds. The van der Waals surface area contributed by atoms with E-state index in [0.29, 0.717) is 0 Å². The third-order valence-corrected chi connectivity index (χ3v) is 4.09. The summed E-state index contributed by atoms with van der Waals surface area (Å²) in [6.45, 7) is 1.79. The zero-order valence-corrected chi connectivity index (χ0v) is 14.0. The molecule has 2 heterocycles. The van der Waals surface area contributed by atoms with Crippen molar-refractivity contribution >= 4 is 12.0 Å². The van der Waals surface area contributed by atoms with Crippen LogP contribution < -0.4 is 5.43 Å². The Hall–Kier alpha value is -2.34. The number of allylic oxidation sites excluding steroid dienone is 3. The molecule has 1 aromatic rings. The lowest BCUT2D eigenvalue weighted by atomic mass is 10.1. The van der Waals surface area contributed by atoms with Crippen molar-refractivity contribution < 1.29 is 19.4 Å². The molecule has 6 heteroatoms. The van der Waals surface area contributed by atoms with Gasteiger partial charge in [0.15, 0.2) is 5.76 Å². The molecule has 0 fully saturated rings. The average molecular weight is 333 g/mol. The van der Waals surface area contributed by atoms with E-state index in [-0.39, 0.29) is 23.7 Å². The molecular weight excluding hydrogens is 310 g/mol. The fourth-order valence-electron chi connectivity index (χ4n) is 2.64. The molecule has 0 bridgehead atoms. The van der Waals surface area contributed by atoms with Crippen molar-refractivity contribution in [3.05, 3.63) is 45.5 Å². The van der Waals surface area contributed by atoms with Gasteiger partial charge < -0.3 is 19.5 Å². The normalized spacial score (nSPS) is 17.4. The first kappa shape index (κ1) is 18.0. The molecule has 0 saturated carbocycles. The van der Waals surface area contributed by atoms with E-state index in [9.17, 15) is 19.8 Å². The summed E-state index contributed by atoms with van der Waals surface area (Å²) in [5, 5.41) is 19.4. The van der Waals surface area contributed by atoms with Crippen molar-refractivity contribution in [2.45, 2.75) is 38.6 Å². The summed E-state index contributed by atoms with van der Waals surface area (Å²) in [5.74, 6) is -1.07. The number of likely N-dealkylation sites (N-methyl/N-ethyl adjacent to an activating group) is 1. The topological polar surface area (TPSA) is 91.0 Å². The number of fused-ring (bicyclic) bond motifs is 1. The number of aromatic hydroxyl groups is 1. The standard InChI is InChI=1S/C18H23NO5/c1-3-4-5-6-7-8-9-10-13-15(21)16(22)14-17(24-13)12(11-20)19(2)18(14)23/h7-10,12,20-21H,3-6,11H2,1-2H3/b8-7+,10-9+. The van der Waals surface area contributed by atoms with E-state index < -0.39 is 23.1 Å². The lowest BCUT2D eigenvalue weighted by Crippen LogP contribution is -2.26. The van der Waals surface area contributed by atoms with Gasteiger partial charge in [0.2, 0.25) is 11.2 Å². The van der Waals surface area contributed by atoms with Gasteiger partial charge in [0.05, 0.1) is 6.61 Å². The first-order chi connectivity index (χ1) is 11.5. The van der Waals surface area contributed by atoms with Crippen molar-refractivity contribution in [1.82, 2.24) is 4.90 Å². The van der Waals surface area contributed by atoms with Crippen LogP contribution in [0, 0.1) is 0 Å². The van der Waals surface area contributed by atoms with Gasteiger partial charge in [-0.3, -0.25) is 9.59 Å². The summed E-state index contributed by atoms with van der Waals surface area (Å²) in [4.78, 5) is 25.5. The smallest absolute Gasteiger partial charge is 0.261 e. The lowest BCUT2D eigenvalue weighted by molar-refractivity contribution is 0.0703. The molecule has 1 atom stereocenters. The molecule has 1 aromatic heterocycles. The highest BCUT2D eigenvalue weighted by Crippen LogP contribution is 2.33. The van der Waals surface area contributed by atoms with E-state index in [1.165, 1.54) is 24.4 Å². The fraction of sp³-hybridized carbons (Fsp3) is 0.444. The van der Waals surface area contributed by atoms with Gasteiger partial charge in [-0.05, 0) is 18.9 Å². The minimum atomic E-state index is -0.768. The first-order valence-electron chi connectivity index (χ1n) is 8.14. The molecule has 0 radical (unpaired) electrons. The van der Waals surface area contributed by atoms with Gasteiger partial charge in [-0.15, -0.1) is 0 Å². The largest absolute Gasteiger partial charge is 0.502 e. The Morgan fingerprint density at radius 1 is 1.25 bits per heavy atom. The van der Waals surface area contributed by atoms with E-state index in [0.717, 1.165) is 19.3 Å².